The smallest absolute Gasteiger partial charge is 0.203 e. The molecule has 0 amide bonds. The number of piperidine rings is 1. The van der Waals surface area contributed by atoms with E-state index in [1.165, 1.54) is 0 Å². The zero-order chi connectivity index (χ0) is 17.2. The highest BCUT2D eigenvalue weighted by molar-refractivity contribution is 14.0. The first-order chi connectivity index (χ1) is 11.4. The zero-order valence-electron chi connectivity index (χ0n) is 15.0. The van der Waals surface area contributed by atoms with Gasteiger partial charge >= 0.3 is 0 Å². The van der Waals surface area contributed by atoms with Gasteiger partial charge in [-0.3, -0.25) is 9.39 Å². The lowest BCUT2D eigenvalue weighted by Gasteiger charge is -2.33. The molecule has 3 heterocycles. The van der Waals surface area contributed by atoms with Gasteiger partial charge in [-0.2, -0.15) is 0 Å². The number of anilines is 1. The molecule has 1 saturated heterocycles. The van der Waals surface area contributed by atoms with Crippen molar-refractivity contribution in [3.63, 3.8) is 0 Å². The zero-order valence-corrected chi connectivity index (χ0v) is 17.3. The van der Waals surface area contributed by atoms with Gasteiger partial charge in [-0.05, 0) is 39.5 Å². The first-order valence-electron chi connectivity index (χ1n) is 8.40. The number of rotatable bonds is 3. The number of halogens is 1. The standard InChI is InChI=1S/C16H26N8.HI/c1-16(2,3)21-15(17)19-9-12-5-4-7-23(10-12)13-14-22-20-11-24(14)8-6-18-13;/h6,8,11-12H,4-5,7,9-10H2,1-3H3,(H3,17,19,21);1H. The second-order valence-corrected chi connectivity index (χ2v) is 7.37. The highest BCUT2D eigenvalue weighted by Crippen LogP contribution is 2.24. The quantitative estimate of drug-likeness (QED) is 0.413. The molecule has 1 aliphatic rings. The van der Waals surface area contributed by atoms with Crippen molar-refractivity contribution in [3.8, 4) is 0 Å². The minimum Gasteiger partial charge on any atom is -0.370 e. The SMILES string of the molecule is CC(C)(C)NC(N)=NCC1CCCN(c2nccn3cnnc23)C1.I. The summed E-state index contributed by atoms with van der Waals surface area (Å²) >= 11 is 0. The van der Waals surface area contributed by atoms with Crippen LogP contribution < -0.4 is 16.0 Å². The molecule has 1 atom stereocenters. The highest BCUT2D eigenvalue weighted by Gasteiger charge is 2.23. The fourth-order valence-corrected chi connectivity index (χ4v) is 3.03. The summed E-state index contributed by atoms with van der Waals surface area (Å²) in [6.07, 6.45) is 7.62. The Kier molecular flexibility index (Phi) is 6.42. The predicted octanol–water partition coefficient (Wildman–Crippen LogP) is 1.66. The molecule has 0 radical (unpaired) electrons. The predicted molar refractivity (Wildman–Crippen MR) is 111 cm³/mol. The van der Waals surface area contributed by atoms with Gasteiger partial charge in [-0.15, -0.1) is 34.2 Å². The van der Waals surface area contributed by atoms with Gasteiger partial charge in [0.05, 0.1) is 0 Å². The van der Waals surface area contributed by atoms with Crippen LogP contribution in [0, 0.1) is 5.92 Å². The van der Waals surface area contributed by atoms with Crippen molar-refractivity contribution < 1.29 is 0 Å². The number of aromatic nitrogens is 4. The van der Waals surface area contributed by atoms with Gasteiger partial charge in [-0.25, -0.2) is 4.98 Å². The lowest BCUT2D eigenvalue weighted by molar-refractivity contribution is 0.421. The molecule has 25 heavy (non-hydrogen) atoms. The van der Waals surface area contributed by atoms with E-state index in [0.29, 0.717) is 11.9 Å². The number of aliphatic imine (C=N–C) groups is 1. The minimum atomic E-state index is -0.0700. The molecule has 0 aromatic carbocycles. The Balaban J connectivity index is 0.00000225. The molecule has 138 valence electrons. The number of nitrogens with zero attached hydrogens (tertiary/aromatic N) is 6. The van der Waals surface area contributed by atoms with Crippen molar-refractivity contribution in [3.05, 3.63) is 18.7 Å². The summed E-state index contributed by atoms with van der Waals surface area (Å²) in [5, 5.41) is 11.4. The largest absolute Gasteiger partial charge is 0.370 e. The maximum absolute atomic E-state index is 5.97. The van der Waals surface area contributed by atoms with Gasteiger partial charge < -0.3 is 16.0 Å². The molecule has 8 nitrogen and oxygen atoms in total. The van der Waals surface area contributed by atoms with Crippen LogP contribution in [0.1, 0.15) is 33.6 Å². The van der Waals surface area contributed by atoms with Crippen LogP contribution in [0.3, 0.4) is 0 Å². The molecule has 2 aromatic heterocycles. The van der Waals surface area contributed by atoms with Crippen LogP contribution in [0.25, 0.3) is 5.65 Å². The third-order valence-corrected chi connectivity index (χ3v) is 4.04. The highest BCUT2D eigenvalue weighted by atomic mass is 127. The Labute approximate surface area is 165 Å². The first-order valence-corrected chi connectivity index (χ1v) is 8.40. The molecule has 1 unspecified atom stereocenters. The van der Waals surface area contributed by atoms with Crippen molar-refractivity contribution in [2.24, 2.45) is 16.6 Å². The van der Waals surface area contributed by atoms with E-state index in [0.717, 1.165) is 43.9 Å². The summed E-state index contributed by atoms with van der Waals surface area (Å²) in [7, 11) is 0. The molecule has 1 fully saturated rings. The van der Waals surface area contributed by atoms with Crippen LogP contribution in [0.2, 0.25) is 0 Å². The monoisotopic (exact) mass is 458 g/mol. The Bertz CT molecular complexity index is 720. The molecule has 3 rings (SSSR count). The maximum Gasteiger partial charge on any atom is 0.203 e. The molecule has 0 aliphatic carbocycles. The maximum atomic E-state index is 5.97. The van der Waals surface area contributed by atoms with Gasteiger partial charge in [0.1, 0.15) is 6.33 Å². The Hall–Kier alpha value is -1.65. The van der Waals surface area contributed by atoms with Gasteiger partial charge in [0.25, 0.3) is 0 Å². The Morgan fingerprint density at radius 1 is 1.44 bits per heavy atom. The van der Waals surface area contributed by atoms with E-state index >= 15 is 0 Å². The molecule has 2 aromatic rings. The lowest BCUT2D eigenvalue weighted by atomic mass is 9.98. The second-order valence-electron chi connectivity index (χ2n) is 7.37. The third kappa shape index (κ3) is 5.16. The van der Waals surface area contributed by atoms with E-state index in [1.54, 1.807) is 12.5 Å². The molecule has 9 heteroatoms. The van der Waals surface area contributed by atoms with E-state index in [2.05, 4.69) is 51.2 Å². The number of nitrogens with one attached hydrogen (secondary N) is 1. The normalized spacial score (nSPS) is 18.9. The Morgan fingerprint density at radius 2 is 2.24 bits per heavy atom. The topological polar surface area (TPSA) is 96.7 Å². The number of nitrogens with two attached hydrogens (primary N) is 1. The number of fused-ring (bicyclic) bond motifs is 1. The van der Waals surface area contributed by atoms with Crippen molar-refractivity contribution >= 4 is 41.4 Å². The van der Waals surface area contributed by atoms with Crippen molar-refractivity contribution in [2.75, 3.05) is 24.5 Å². The second kappa shape index (κ2) is 8.15. The number of hydrogen-bond acceptors (Lipinski definition) is 5. The molecule has 0 bridgehead atoms. The van der Waals surface area contributed by atoms with E-state index in [9.17, 15) is 0 Å². The minimum absolute atomic E-state index is 0. The summed E-state index contributed by atoms with van der Waals surface area (Å²) in [4.78, 5) is 11.3. The van der Waals surface area contributed by atoms with Crippen molar-refractivity contribution in [1.29, 1.82) is 0 Å². The summed E-state index contributed by atoms with van der Waals surface area (Å²) in [6.45, 7) is 8.83. The van der Waals surface area contributed by atoms with Crippen LogP contribution in [-0.2, 0) is 0 Å². The molecular weight excluding hydrogens is 431 g/mol. The molecule has 0 saturated carbocycles. The fraction of sp³-hybridized carbons (Fsp3) is 0.625. The molecule has 1 aliphatic heterocycles. The fourth-order valence-electron chi connectivity index (χ4n) is 3.03. The first kappa shape index (κ1) is 19.7. The molecule has 0 spiro atoms. The lowest BCUT2D eigenvalue weighted by Crippen LogP contribution is -2.45. The van der Waals surface area contributed by atoms with E-state index < -0.39 is 0 Å². The van der Waals surface area contributed by atoms with Crippen LogP contribution in [0.15, 0.2) is 23.7 Å². The average molecular weight is 458 g/mol. The summed E-state index contributed by atoms with van der Waals surface area (Å²) < 4.78 is 1.90. The summed E-state index contributed by atoms with van der Waals surface area (Å²) in [5.41, 5.74) is 6.71. The van der Waals surface area contributed by atoms with Gasteiger partial charge in [0, 0.05) is 37.6 Å². The van der Waals surface area contributed by atoms with Crippen molar-refractivity contribution in [1.82, 2.24) is 24.9 Å². The van der Waals surface area contributed by atoms with E-state index in [-0.39, 0.29) is 29.5 Å². The van der Waals surface area contributed by atoms with Crippen LogP contribution in [-0.4, -0.2) is 50.7 Å². The molecule has 3 N–H and O–H groups in total. The van der Waals surface area contributed by atoms with Gasteiger partial charge in [0.2, 0.25) is 5.65 Å². The number of guanidine groups is 1. The van der Waals surface area contributed by atoms with Crippen molar-refractivity contribution in [2.45, 2.75) is 39.2 Å². The Morgan fingerprint density at radius 3 is 3.00 bits per heavy atom. The summed E-state index contributed by atoms with van der Waals surface area (Å²) in [5.74, 6) is 1.87. The van der Waals surface area contributed by atoms with E-state index in [4.69, 9.17) is 5.73 Å². The van der Waals surface area contributed by atoms with Gasteiger partial charge in [-0.1, -0.05) is 0 Å². The van der Waals surface area contributed by atoms with E-state index in [1.807, 2.05) is 10.6 Å². The third-order valence-electron chi connectivity index (χ3n) is 4.04. The average Bonchev–Trinajstić information content (AvgIpc) is 3.00. The van der Waals surface area contributed by atoms with Gasteiger partial charge in [0.15, 0.2) is 11.8 Å². The van der Waals surface area contributed by atoms with Crippen LogP contribution >= 0.6 is 24.0 Å². The number of hydrogen-bond donors (Lipinski definition) is 2. The van der Waals surface area contributed by atoms with Crippen LogP contribution in [0.4, 0.5) is 5.82 Å². The van der Waals surface area contributed by atoms with Crippen LogP contribution in [0.5, 0.6) is 0 Å². The molecular formula is C16H27IN8. The summed E-state index contributed by atoms with van der Waals surface area (Å²) in [6, 6.07) is 0.